The van der Waals surface area contributed by atoms with E-state index in [1.165, 1.54) is 0 Å². The Morgan fingerprint density at radius 3 is 2.41 bits per heavy atom. The number of carbonyl (C=O) groups is 2. The van der Waals surface area contributed by atoms with E-state index in [0.717, 1.165) is 25.7 Å². The number of hydrogen-bond donors (Lipinski definition) is 3. The predicted molar refractivity (Wildman–Crippen MR) is 65.9 cm³/mol. The molecule has 0 bridgehead atoms. The van der Waals surface area contributed by atoms with E-state index in [1.54, 1.807) is 6.08 Å². The summed E-state index contributed by atoms with van der Waals surface area (Å²) in [7, 11) is 0. The first-order valence-corrected chi connectivity index (χ1v) is 6.00. The summed E-state index contributed by atoms with van der Waals surface area (Å²) in [6.07, 6.45) is 5.19. The molecule has 0 aliphatic heterocycles. The molecular weight excluding hydrogens is 218 g/mol. The Labute approximate surface area is 102 Å². The minimum Gasteiger partial charge on any atom is -0.369 e. The third kappa shape index (κ3) is 4.19. The van der Waals surface area contributed by atoms with Gasteiger partial charge in [-0.05, 0) is 32.1 Å². The van der Waals surface area contributed by atoms with Crippen molar-refractivity contribution in [2.45, 2.75) is 44.2 Å². The van der Waals surface area contributed by atoms with Gasteiger partial charge in [0.05, 0.1) is 6.04 Å². The van der Waals surface area contributed by atoms with Gasteiger partial charge >= 0.3 is 0 Å². The van der Waals surface area contributed by atoms with Crippen LogP contribution in [0, 0.1) is 5.92 Å². The molecule has 0 radical (unpaired) electrons. The second-order valence-electron chi connectivity index (χ2n) is 4.59. The number of carbonyl (C=O) groups excluding carboxylic acids is 2. The summed E-state index contributed by atoms with van der Waals surface area (Å²) in [5.74, 6) is -0.421. The van der Waals surface area contributed by atoms with Crippen molar-refractivity contribution in [3.63, 3.8) is 0 Å². The Bertz CT molecular complexity index is 296. The fourth-order valence-corrected chi connectivity index (χ4v) is 2.12. The molecule has 5 N–H and O–H groups in total. The molecule has 0 spiro atoms. The van der Waals surface area contributed by atoms with Crippen molar-refractivity contribution in [3.05, 3.63) is 12.7 Å². The van der Waals surface area contributed by atoms with Crippen LogP contribution in [0.4, 0.5) is 0 Å². The van der Waals surface area contributed by atoms with E-state index in [0.29, 0.717) is 6.42 Å². The number of rotatable bonds is 5. The van der Waals surface area contributed by atoms with Crippen molar-refractivity contribution in [3.8, 4) is 0 Å². The summed E-state index contributed by atoms with van der Waals surface area (Å²) in [5, 5.41) is 2.90. The van der Waals surface area contributed by atoms with Crippen LogP contribution >= 0.6 is 0 Å². The van der Waals surface area contributed by atoms with Gasteiger partial charge in [0.15, 0.2) is 0 Å². The molecule has 0 aromatic rings. The van der Waals surface area contributed by atoms with Gasteiger partial charge in [0, 0.05) is 12.0 Å². The van der Waals surface area contributed by atoms with Crippen LogP contribution in [0.1, 0.15) is 32.1 Å². The summed E-state index contributed by atoms with van der Waals surface area (Å²) in [4.78, 5) is 22.6. The average Bonchev–Trinajstić information content (AvgIpc) is 2.30. The fraction of sp³-hybridized carbons (Fsp3) is 0.667. The summed E-state index contributed by atoms with van der Waals surface area (Å²) in [5.41, 5.74) is 10.9. The zero-order valence-corrected chi connectivity index (χ0v) is 10.0. The molecule has 2 amide bonds. The normalized spacial score (nSPS) is 25.9. The van der Waals surface area contributed by atoms with Gasteiger partial charge in [0.1, 0.15) is 0 Å². The molecule has 0 heterocycles. The quantitative estimate of drug-likeness (QED) is 0.591. The van der Waals surface area contributed by atoms with Gasteiger partial charge in [-0.1, -0.05) is 6.08 Å². The highest BCUT2D eigenvalue weighted by molar-refractivity contribution is 5.82. The Hall–Kier alpha value is -1.36. The van der Waals surface area contributed by atoms with Crippen LogP contribution in [0.3, 0.4) is 0 Å². The van der Waals surface area contributed by atoms with E-state index in [1.807, 2.05) is 0 Å². The number of amides is 2. The van der Waals surface area contributed by atoms with Crippen LogP contribution < -0.4 is 16.8 Å². The molecule has 96 valence electrons. The molecule has 1 rings (SSSR count). The van der Waals surface area contributed by atoms with Gasteiger partial charge in [-0.15, -0.1) is 6.58 Å². The maximum atomic E-state index is 11.6. The first kappa shape index (κ1) is 13.7. The Morgan fingerprint density at radius 1 is 1.35 bits per heavy atom. The molecule has 1 aliphatic carbocycles. The first-order valence-electron chi connectivity index (χ1n) is 6.00. The molecule has 1 saturated carbocycles. The van der Waals surface area contributed by atoms with Crippen LogP contribution in [0.15, 0.2) is 12.7 Å². The van der Waals surface area contributed by atoms with Gasteiger partial charge in [-0.2, -0.15) is 0 Å². The molecule has 1 atom stereocenters. The highest BCUT2D eigenvalue weighted by Crippen LogP contribution is 2.23. The molecule has 5 nitrogen and oxygen atoms in total. The molecule has 0 aromatic heterocycles. The van der Waals surface area contributed by atoms with Gasteiger partial charge in [-0.3, -0.25) is 9.59 Å². The van der Waals surface area contributed by atoms with E-state index in [4.69, 9.17) is 11.5 Å². The summed E-state index contributed by atoms with van der Waals surface area (Å²) in [6.45, 7) is 3.55. The zero-order valence-electron chi connectivity index (χ0n) is 10.0. The van der Waals surface area contributed by atoms with E-state index in [9.17, 15) is 9.59 Å². The number of nitrogens with two attached hydrogens (primary N) is 2. The van der Waals surface area contributed by atoms with Crippen molar-refractivity contribution in [2.75, 3.05) is 0 Å². The minimum atomic E-state index is -0.527. The lowest BCUT2D eigenvalue weighted by atomic mass is 9.85. The van der Waals surface area contributed by atoms with E-state index < -0.39 is 6.04 Å². The molecular formula is C12H21N3O2. The molecule has 5 heteroatoms. The molecule has 0 aromatic carbocycles. The van der Waals surface area contributed by atoms with Crippen LogP contribution in [0.5, 0.6) is 0 Å². The monoisotopic (exact) mass is 239 g/mol. The number of primary amides is 1. The number of hydrogen-bond acceptors (Lipinski definition) is 3. The van der Waals surface area contributed by atoms with E-state index in [-0.39, 0.29) is 23.8 Å². The Balaban J connectivity index is 2.32. The van der Waals surface area contributed by atoms with Gasteiger partial charge < -0.3 is 16.8 Å². The Morgan fingerprint density at radius 2 is 1.94 bits per heavy atom. The third-order valence-corrected chi connectivity index (χ3v) is 3.23. The zero-order chi connectivity index (χ0) is 12.8. The van der Waals surface area contributed by atoms with Gasteiger partial charge in [0.25, 0.3) is 0 Å². The standard InChI is InChI=1S/C12H21N3O2/c1-2-3-10(13)12(17)15-9-6-4-8(5-7-9)11(14)16/h2,8-10H,1,3-7,13H2,(H2,14,16)(H,15,17). The number of nitrogens with one attached hydrogen (secondary N) is 1. The van der Waals surface area contributed by atoms with Crippen molar-refractivity contribution >= 4 is 11.8 Å². The van der Waals surface area contributed by atoms with Crippen molar-refractivity contribution in [1.82, 2.24) is 5.32 Å². The van der Waals surface area contributed by atoms with Gasteiger partial charge in [0.2, 0.25) is 11.8 Å². The predicted octanol–water partition coefficient (Wildman–Crippen LogP) is 0.0501. The first-order chi connectivity index (χ1) is 8.04. The van der Waals surface area contributed by atoms with Crippen molar-refractivity contribution in [2.24, 2.45) is 17.4 Å². The second-order valence-corrected chi connectivity index (χ2v) is 4.59. The fourth-order valence-electron chi connectivity index (χ4n) is 2.12. The second kappa shape index (κ2) is 6.39. The van der Waals surface area contributed by atoms with Crippen LogP contribution in [-0.4, -0.2) is 23.9 Å². The highest BCUT2D eigenvalue weighted by atomic mass is 16.2. The molecule has 0 saturated heterocycles. The van der Waals surface area contributed by atoms with E-state index in [2.05, 4.69) is 11.9 Å². The van der Waals surface area contributed by atoms with E-state index >= 15 is 0 Å². The summed E-state index contributed by atoms with van der Waals surface area (Å²) in [6, 6.07) is -0.407. The maximum absolute atomic E-state index is 11.6. The summed E-state index contributed by atoms with van der Waals surface area (Å²) >= 11 is 0. The largest absolute Gasteiger partial charge is 0.369 e. The molecule has 1 fully saturated rings. The molecule has 17 heavy (non-hydrogen) atoms. The highest BCUT2D eigenvalue weighted by Gasteiger charge is 2.26. The average molecular weight is 239 g/mol. The molecule has 1 aliphatic rings. The lowest BCUT2D eigenvalue weighted by Crippen LogP contribution is -2.46. The minimum absolute atomic E-state index is 0.0370. The summed E-state index contributed by atoms with van der Waals surface area (Å²) < 4.78 is 0. The smallest absolute Gasteiger partial charge is 0.237 e. The molecule has 1 unspecified atom stereocenters. The third-order valence-electron chi connectivity index (χ3n) is 3.23. The van der Waals surface area contributed by atoms with Crippen LogP contribution in [-0.2, 0) is 9.59 Å². The Kier molecular flexibility index (Phi) is 5.15. The topological polar surface area (TPSA) is 98.2 Å². The van der Waals surface area contributed by atoms with Crippen LogP contribution in [0.25, 0.3) is 0 Å². The van der Waals surface area contributed by atoms with Gasteiger partial charge in [-0.25, -0.2) is 0 Å². The van der Waals surface area contributed by atoms with Crippen LogP contribution in [0.2, 0.25) is 0 Å². The van der Waals surface area contributed by atoms with Crippen molar-refractivity contribution < 1.29 is 9.59 Å². The lowest BCUT2D eigenvalue weighted by molar-refractivity contribution is -0.123. The lowest BCUT2D eigenvalue weighted by Gasteiger charge is -2.28. The SMILES string of the molecule is C=CCC(N)C(=O)NC1CCC(C(N)=O)CC1. The maximum Gasteiger partial charge on any atom is 0.237 e. The van der Waals surface area contributed by atoms with Crippen molar-refractivity contribution in [1.29, 1.82) is 0 Å².